The summed E-state index contributed by atoms with van der Waals surface area (Å²) in [5.74, 6) is -2.30. The number of nitriles is 1. The highest BCUT2D eigenvalue weighted by Gasteiger charge is 2.50. The Morgan fingerprint density at radius 2 is 1.85 bits per heavy atom. The monoisotopic (exact) mass is 492 g/mol. The molecule has 0 unspecified atom stereocenters. The molecule has 2 N–H and O–H groups in total. The van der Waals surface area contributed by atoms with Gasteiger partial charge in [0.1, 0.15) is 11.4 Å². The fraction of sp³-hybridized carbons (Fsp3) is 0.182. The first-order valence-electron chi connectivity index (χ1n) is 9.54. The van der Waals surface area contributed by atoms with Gasteiger partial charge in [-0.25, -0.2) is 9.87 Å². The third-order valence-electron chi connectivity index (χ3n) is 5.12. The normalized spacial score (nSPS) is 15.7. The van der Waals surface area contributed by atoms with E-state index in [0.29, 0.717) is 6.07 Å². The second-order valence-corrected chi connectivity index (χ2v) is 8.04. The highest BCUT2D eigenvalue weighted by atomic mass is 32.1. The van der Waals surface area contributed by atoms with E-state index in [-0.39, 0.29) is 22.1 Å². The van der Waals surface area contributed by atoms with Crippen LogP contribution in [0.2, 0.25) is 0 Å². The minimum atomic E-state index is -4.83. The number of nitrogens with zero attached hydrogens (tertiary/aromatic N) is 3. The second kappa shape index (κ2) is 8.85. The van der Waals surface area contributed by atoms with Gasteiger partial charge >= 0.3 is 6.18 Å². The Labute approximate surface area is 196 Å². The molecule has 0 spiro atoms. The number of rotatable bonds is 4. The molecular weight excluding hydrogens is 476 g/mol. The molecule has 7 nitrogen and oxygen atoms in total. The molecule has 1 fully saturated rings. The summed E-state index contributed by atoms with van der Waals surface area (Å²) in [6.45, 7) is 2.96. The molecule has 0 radical (unpaired) electrons. The molecule has 12 heteroatoms. The van der Waals surface area contributed by atoms with Gasteiger partial charge in [-0.1, -0.05) is 0 Å². The van der Waals surface area contributed by atoms with E-state index >= 15 is 0 Å². The Morgan fingerprint density at radius 3 is 2.41 bits per heavy atom. The van der Waals surface area contributed by atoms with Crippen molar-refractivity contribution in [1.29, 1.82) is 5.26 Å². The summed E-state index contributed by atoms with van der Waals surface area (Å²) in [7, 11) is 0. The minimum absolute atomic E-state index is 0.000338. The van der Waals surface area contributed by atoms with Gasteiger partial charge in [-0.15, -0.1) is 0 Å². The zero-order valence-electron chi connectivity index (χ0n) is 17.6. The number of carbonyl (C=O) groups is 2. The summed E-state index contributed by atoms with van der Waals surface area (Å²) in [5.41, 5.74) is -1.87. The number of halogens is 4. The number of hydroxylamine groups is 1. The van der Waals surface area contributed by atoms with Crippen molar-refractivity contribution in [3.8, 4) is 6.07 Å². The molecule has 1 aliphatic heterocycles. The zero-order chi connectivity index (χ0) is 25.4. The first-order chi connectivity index (χ1) is 15.8. The average molecular weight is 492 g/mol. The van der Waals surface area contributed by atoms with Gasteiger partial charge in [0.2, 0.25) is 0 Å². The van der Waals surface area contributed by atoms with E-state index < -0.39 is 40.5 Å². The lowest BCUT2D eigenvalue weighted by molar-refractivity contribution is -0.137. The number of nitrogens with one attached hydrogen (secondary N) is 1. The molecule has 1 heterocycles. The van der Waals surface area contributed by atoms with Gasteiger partial charge in [0.05, 0.1) is 22.9 Å². The van der Waals surface area contributed by atoms with Crippen molar-refractivity contribution in [2.24, 2.45) is 0 Å². The van der Waals surface area contributed by atoms with Crippen LogP contribution in [0.1, 0.15) is 30.5 Å². The number of alkyl halides is 3. The van der Waals surface area contributed by atoms with Crippen LogP contribution in [0.3, 0.4) is 0 Å². The van der Waals surface area contributed by atoms with Crippen molar-refractivity contribution in [2.75, 3.05) is 9.80 Å². The van der Waals surface area contributed by atoms with Crippen molar-refractivity contribution < 1.29 is 32.4 Å². The number of anilines is 2. The Hall–Kier alpha value is -3.82. The first-order valence-corrected chi connectivity index (χ1v) is 9.95. The number of thiocarbonyl (C=S) groups is 1. The maximum atomic E-state index is 14.7. The summed E-state index contributed by atoms with van der Waals surface area (Å²) >= 11 is 5.39. The number of carbonyl (C=O) groups excluding carboxylic acids is 2. The highest BCUT2D eigenvalue weighted by molar-refractivity contribution is 7.81. The van der Waals surface area contributed by atoms with Gasteiger partial charge in [-0.2, -0.15) is 18.4 Å². The van der Waals surface area contributed by atoms with E-state index in [2.05, 4.69) is 0 Å². The van der Waals surface area contributed by atoms with Crippen molar-refractivity contribution >= 4 is 46.6 Å². The van der Waals surface area contributed by atoms with Gasteiger partial charge in [-0.3, -0.25) is 19.7 Å². The van der Waals surface area contributed by atoms with Gasteiger partial charge in [0.15, 0.2) is 5.11 Å². The molecule has 2 amide bonds. The van der Waals surface area contributed by atoms with Crippen LogP contribution in [0.25, 0.3) is 6.08 Å². The third kappa shape index (κ3) is 4.35. The number of amides is 2. The minimum Gasteiger partial charge on any atom is -0.303 e. The fourth-order valence-corrected chi connectivity index (χ4v) is 3.97. The second-order valence-electron chi connectivity index (χ2n) is 7.67. The Kier molecular flexibility index (Phi) is 6.46. The van der Waals surface area contributed by atoms with Crippen molar-refractivity contribution in [2.45, 2.75) is 25.6 Å². The maximum absolute atomic E-state index is 14.7. The van der Waals surface area contributed by atoms with Gasteiger partial charge in [-0.05, 0) is 68.5 Å². The molecule has 34 heavy (non-hydrogen) atoms. The molecule has 0 aromatic heterocycles. The number of hydrogen-bond acceptors (Lipinski definition) is 5. The summed E-state index contributed by atoms with van der Waals surface area (Å²) in [4.78, 5) is 26.5. The van der Waals surface area contributed by atoms with E-state index in [0.717, 1.165) is 29.2 Å². The molecule has 2 aromatic rings. The molecule has 0 bridgehead atoms. The molecule has 0 atom stereocenters. The van der Waals surface area contributed by atoms with Gasteiger partial charge < -0.3 is 4.90 Å². The first kappa shape index (κ1) is 24.8. The number of benzene rings is 2. The van der Waals surface area contributed by atoms with Crippen LogP contribution in [0.4, 0.5) is 28.9 Å². The molecular formula is C22H16F4N4O3S. The van der Waals surface area contributed by atoms with Crippen LogP contribution in [0, 0.1) is 17.1 Å². The molecule has 2 aromatic carbocycles. The Morgan fingerprint density at radius 1 is 1.21 bits per heavy atom. The quantitative estimate of drug-likeness (QED) is 0.219. The van der Waals surface area contributed by atoms with E-state index in [1.165, 1.54) is 48.5 Å². The van der Waals surface area contributed by atoms with Crippen molar-refractivity contribution in [3.05, 3.63) is 65.0 Å². The molecule has 1 saturated heterocycles. The van der Waals surface area contributed by atoms with Crippen molar-refractivity contribution in [3.63, 3.8) is 0 Å². The summed E-state index contributed by atoms with van der Waals surface area (Å²) in [6.07, 6.45) is -2.82. The smallest absolute Gasteiger partial charge is 0.303 e. The largest absolute Gasteiger partial charge is 0.417 e. The van der Waals surface area contributed by atoms with Crippen LogP contribution in [0.5, 0.6) is 0 Å². The highest BCUT2D eigenvalue weighted by Crippen LogP contribution is 2.39. The molecule has 0 saturated carbocycles. The van der Waals surface area contributed by atoms with E-state index in [9.17, 15) is 27.2 Å². The standard InChI is InChI=1S/C22H16F4N4O3S/c1-21(2)19(32)29(14-6-4-13(11-27)16(9-14)22(24,25)26)20(34)30(21)15-7-3-12(17(23)10-15)5-8-18(31)28-33/h3-10,33H,1-2H3,(H,28,31)/b8-5+. The van der Waals surface area contributed by atoms with Crippen molar-refractivity contribution in [1.82, 2.24) is 5.48 Å². The third-order valence-corrected chi connectivity index (χ3v) is 5.49. The average Bonchev–Trinajstić information content (AvgIpc) is 2.95. The van der Waals surface area contributed by atoms with Crippen LogP contribution in [0.15, 0.2) is 42.5 Å². The van der Waals surface area contributed by atoms with Crippen LogP contribution in [-0.4, -0.2) is 27.7 Å². The summed E-state index contributed by atoms with van der Waals surface area (Å²) in [6, 6.07) is 8.06. The predicted octanol–water partition coefficient (Wildman–Crippen LogP) is 4.15. The zero-order valence-corrected chi connectivity index (χ0v) is 18.5. The van der Waals surface area contributed by atoms with E-state index in [4.69, 9.17) is 22.7 Å². The van der Waals surface area contributed by atoms with Gasteiger partial charge in [0, 0.05) is 17.3 Å². The fourth-order valence-electron chi connectivity index (χ4n) is 3.45. The lowest BCUT2D eigenvalue weighted by Crippen LogP contribution is -2.44. The predicted molar refractivity (Wildman–Crippen MR) is 118 cm³/mol. The lowest BCUT2D eigenvalue weighted by atomic mass is 10.0. The summed E-state index contributed by atoms with van der Waals surface area (Å²) in [5, 5.41) is 17.3. The molecule has 1 aliphatic rings. The van der Waals surface area contributed by atoms with Gasteiger partial charge in [0.25, 0.3) is 11.8 Å². The van der Waals surface area contributed by atoms with Crippen LogP contribution < -0.4 is 15.3 Å². The topological polar surface area (TPSA) is 96.7 Å². The van der Waals surface area contributed by atoms with E-state index in [1.54, 1.807) is 0 Å². The molecule has 3 rings (SSSR count). The Balaban J connectivity index is 2.04. The lowest BCUT2D eigenvalue weighted by Gasteiger charge is -2.29. The van der Waals surface area contributed by atoms with Crippen LogP contribution >= 0.6 is 12.2 Å². The molecule has 0 aliphatic carbocycles. The van der Waals surface area contributed by atoms with Crippen LogP contribution in [-0.2, 0) is 15.8 Å². The molecule has 176 valence electrons. The maximum Gasteiger partial charge on any atom is 0.417 e. The number of hydrogen-bond donors (Lipinski definition) is 2. The summed E-state index contributed by atoms with van der Waals surface area (Å²) < 4.78 is 54.9. The SMILES string of the molecule is CC1(C)C(=O)N(c2ccc(C#N)c(C(F)(F)F)c2)C(=S)N1c1ccc(/C=C/C(=O)NO)c(F)c1. The van der Waals surface area contributed by atoms with E-state index in [1.807, 2.05) is 0 Å². The Bertz CT molecular complexity index is 1270.